The summed E-state index contributed by atoms with van der Waals surface area (Å²) in [4.78, 5) is 24.4. The van der Waals surface area contributed by atoms with Crippen LogP contribution in [0.25, 0.3) is 0 Å². The van der Waals surface area contributed by atoms with Gasteiger partial charge in [-0.05, 0) is 19.8 Å². The third kappa shape index (κ3) is 1.86. The van der Waals surface area contributed by atoms with Gasteiger partial charge in [-0.15, -0.1) is 0 Å². The van der Waals surface area contributed by atoms with Gasteiger partial charge in [0.05, 0.1) is 10.6 Å². The number of rotatable bonds is 4. The van der Waals surface area contributed by atoms with Gasteiger partial charge in [0.1, 0.15) is 11.5 Å². The largest absolute Gasteiger partial charge is 0.357 e. The third-order valence-corrected chi connectivity index (χ3v) is 3.60. The molecule has 5 heteroatoms. The minimum atomic E-state index is 0.277. The van der Waals surface area contributed by atoms with Crippen molar-refractivity contribution >= 4 is 30.0 Å². The molecule has 0 aliphatic carbocycles. The molecule has 0 radical (unpaired) electrons. The molecule has 1 saturated heterocycles. The van der Waals surface area contributed by atoms with Crippen LogP contribution < -0.4 is 4.90 Å². The standard InChI is InChI=1S/C12H15ClN2O2/c1-2-15-10(8-17)11(13)9(7-16)12(15)14-5-3-4-6-14/h7-8H,2-6H2,1H3. The molecule has 1 fully saturated rings. The van der Waals surface area contributed by atoms with Gasteiger partial charge in [0, 0.05) is 19.6 Å². The lowest BCUT2D eigenvalue weighted by Crippen LogP contribution is -2.22. The zero-order chi connectivity index (χ0) is 12.4. The molecule has 0 spiro atoms. The summed E-state index contributed by atoms with van der Waals surface area (Å²) in [7, 11) is 0. The number of hydrogen-bond acceptors (Lipinski definition) is 3. The molecule has 4 nitrogen and oxygen atoms in total. The second kappa shape index (κ2) is 4.92. The molecule has 1 aromatic rings. The lowest BCUT2D eigenvalue weighted by molar-refractivity contribution is 0.111. The van der Waals surface area contributed by atoms with Gasteiger partial charge in [-0.1, -0.05) is 11.6 Å². The van der Waals surface area contributed by atoms with Crippen molar-refractivity contribution in [3.05, 3.63) is 16.3 Å². The van der Waals surface area contributed by atoms with Crippen LogP contribution in [0.3, 0.4) is 0 Å². The zero-order valence-corrected chi connectivity index (χ0v) is 10.5. The average Bonchev–Trinajstić information content (AvgIpc) is 2.93. The molecule has 0 saturated carbocycles. The number of halogens is 1. The average molecular weight is 255 g/mol. The Kier molecular flexibility index (Phi) is 3.52. The van der Waals surface area contributed by atoms with E-state index in [9.17, 15) is 9.59 Å². The summed E-state index contributed by atoms with van der Waals surface area (Å²) in [6.45, 7) is 4.41. The van der Waals surface area contributed by atoms with Gasteiger partial charge in [-0.2, -0.15) is 0 Å². The highest BCUT2D eigenvalue weighted by Gasteiger charge is 2.25. The van der Waals surface area contributed by atoms with E-state index in [1.807, 2.05) is 11.5 Å². The van der Waals surface area contributed by atoms with E-state index in [-0.39, 0.29) is 5.02 Å². The summed E-state index contributed by atoms with van der Waals surface area (Å²) in [5.41, 5.74) is 0.843. The first-order valence-electron chi connectivity index (χ1n) is 5.81. The fourth-order valence-electron chi connectivity index (χ4n) is 2.42. The SMILES string of the molecule is CCn1c(C=O)c(Cl)c(C=O)c1N1CCCC1. The minimum Gasteiger partial charge on any atom is -0.357 e. The Morgan fingerprint density at radius 2 is 1.88 bits per heavy atom. The van der Waals surface area contributed by atoms with Crippen molar-refractivity contribution in [2.75, 3.05) is 18.0 Å². The van der Waals surface area contributed by atoms with E-state index < -0.39 is 0 Å². The number of hydrogen-bond donors (Lipinski definition) is 0. The molecule has 2 heterocycles. The van der Waals surface area contributed by atoms with Crippen molar-refractivity contribution in [2.45, 2.75) is 26.3 Å². The maximum atomic E-state index is 11.2. The van der Waals surface area contributed by atoms with Crippen LogP contribution in [0, 0.1) is 0 Å². The highest BCUT2D eigenvalue weighted by molar-refractivity contribution is 6.36. The van der Waals surface area contributed by atoms with Crippen LogP contribution in [0.5, 0.6) is 0 Å². The van der Waals surface area contributed by atoms with Gasteiger partial charge in [-0.25, -0.2) is 0 Å². The Balaban J connectivity index is 2.61. The quantitative estimate of drug-likeness (QED) is 0.775. The van der Waals surface area contributed by atoms with Crippen LogP contribution in [0.2, 0.25) is 5.02 Å². The fourth-order valence-corrected chi connectivity index (χ4v) is 2.70. The van der Waals surface area contributed by atoms with Crippen LogP contribution >= 0.6 is 11.6 Å². The summed E-state index contributed by atoms with van der Waals surface area (Å²) in [5.74, 6) is 0.798. The molecular weight excluding hydrogens is 240 g/mol. The Morgan fingerprint density at radius 1 is 1.24 bits per heavy atom. The predicted octanol–water partition coefficient (Wildman–Crippen LogP) is 2.39. The number of carbonyl (C=O) groups excluding carboxylic acids is 2. The Hall–Kier alpha value is -1.29. The third-order valence-electron chi connectivity index (χ3n) is 3.20. The van der Waals surface area contributed by atoms with Crippen LogP contribution in [-0.4, -0.2) is 30.2 Å². The van der Waals surface area contributed by atoms with Gasteiger partial charge in [0.2, 0.25) is 0 Å². The molecule has 17 heavy (non-hydrogen) atoms. The first kappa shape index (κ1) is 12.2. The number of anilines is 1. The molecular formula is C12H15ClN2O2. The summed E-state index contributed by atoms with van der Waals surface area (Å²) in [5, 5.41) is 0.277. The molecule has 2 rings (SSSR count). The van der Waals surface area contributed by atoms with E-state index in [1.165, 1.54) is 0 Å². The zero-order valence-electron chi connectivity index (χ0n) is 9.78. The van der Waals surface area contributed by atoms with E-state index in [2.05, 4.69) is 4.90 Å². The monoisotopic (exact) mass is 254 g/mol. The second-order valence-electron chi connectivity index (χ2n) is 4.11. The molecule has 1 aliphatic heterocycles. The van der Waals surface area contributed by atoms with Crippen LogP contribution in [-0.2, 0) is 6.54 Å². The van der Waals surface area contributed by atoms with Crippen LogP contribution in [0.4, 0.5) is 5.82 Å². The van der Waals surface area contributed by atoms with Gasteiger partial charge in [-0.3, -0.25) is 9.59 Å². The van der Waals surface area contributed by atoms with Gasteiger partial charge in [0.25, 0.3) is 0 Å². The summed E-state index contributed by atoms with van der Waals surface area (Å²) >= 11 is 6.08. The number of carbonyl (C=O) groups is 2. The topological polar surface area (TPSA) is 42.3 Å². The van der Waals surface area contributed by atoms with Crippen LogP contribution in [0.1, 0.15) is 40.6 Å². The van der Waals surface area contributed by atoms with E-state index in [4.69, 9.17) is 11.6 Å². The molecule has 0 aromatic carbocycles. The maximum Gasteiger partial charge on any atom is 0.168 e. The molecule has 0 atom stereocenters. The Morgan fingerprint density at radius 3 is 2.35 bits per heavy atom. The number of aromatic nitrogens is 1. The minimum absolute atomic E-state index is 0.277. The van der Waals surface area contributed by atoms with E-state index in [0.29, 0.717) is 17.8 Å². The molecule has 0 unspecified atom stereocenters. The molecule has 0 bridgehead atoms. The van der Waals surface area contributed by atoms with Crippen molar-refractivity contribution in [1.82, 2.24) is 4.57 Å². The Bertz CT molecular complexity index is 448. The first-order valence-corrected chi connectivity index (χ1v) is 6.19. The lowest BCUT2D eigenvalue weighted by atomic mass is 10.3. The highest BCUT2D eigenvalue weighted by atomic mass is 35.5. The smallest absolute Gasteiger partial charge is 0.168 e. The second-order valence-corrected chi connectivity index (χ2v) is 4.49. The van der Waals surface area contributed by atoms with E-state index >= 15 is 0 Å². The summed E-state index contributed by atoms with van der Waals surface area (Å²) in [6.07, 6.45) is 3.69. The van der Waals surface area contributed by atoms with Gasteiger partial charge in [0.15, 0.2) is 12.6 Å². The van der Waals surface area contributed by atoms with Crippen molar-refractivity contribution < 1.29 is 9.59 Å². The van der Waals surface area contributed by atoms with Crippen molar-refractivity contribution in [2.24, 2.45) is 0 Å². The highest BCUT2D eigenvalue weighted by Crippen LogP contribution is 2.34. The summed E-state index contributed by atoms with van der Waals surface area (Å²) in [6, 6.07) is 0. The Labute approximate surface area is 105 Å². The first-order chi connectivity index (χ1) is 8.24. The van der Waals surface area contributed by atoms with Crippen LogP contribution in [0.15, 0.2) is 0 Å². The predicted molar refractivity (Wildman–Crippen MR) is 67.3 cm³/mol. The van der Waals surface area contributed by atoms with Crippen molar-refractivity contribution in [3.63, 3.8) is 0 Å². The summed E-state index contributed by atoms with van der Waals surface area (Å²) < 4.78 is 1.82. The molecule has 0 amide bonds. The van der Waals surface area contributed by atoms with Gasteiger partial charge >= 0.3 is 0 Å². The van der Waals surface area contributed by atoms with E-state index in [0.717, 1.165) is 44.3 Å². The normalized spacial score (nSPS) is 15.3. The van der Waals surface area contributed by atoms with Crippen molar-refractivity contribution in [1.29, 1.82) is 0 Å². The van der Waals surface area contributed by atoms with Crippen molar-refractivity contribution in [3.8, 4) is 0 Å². The maximum absolute atomic E-state index is 11.2. The number of nitrogens with zero attached hydrogens (tertiary/aromatic N) is 2. The molecule has 1 aliphatic rings. The number of aldehydes is 2. The molecule has 0 N–H and O–H groups in total. The molecule has 1 aromatic heterocycles. The van der Waals surface area contributed by atoms with E-state index in [1.54, 1.807) is 0 Å². The van der Waals surface area contributed by atoms with Gasteiger partial charge < -0.3 is 9.47 Å². The molecule has 92 valence electrons. The lowest BCUT2D eigenvalue weighted by Gasteiger charge is -2.20. The fraction of sp³-hybridized carbons (Fsp3) is 0.500.